The third-order valence-electron chi connectivity index (χ3n) is 4.16. The van der Waals surface area contributed by atoms with Crippen LogP contribution in [0.2, 0.25) is 10.0 Å². The van der Waals surface area contributed by atoms with Crippen molar-refractivity contribution in [1.29, 1.82) is 0 Å². The second kappa shape index (κ2) is 7.01. The van der Waals surface area contributed by atoms with Gasteiger partial charge in [-0.25, -0.2) is 0 Å². The number of carbonyl (C=O) groups is 1. The number of halogens is 2. The van der Waals surface area contributed by atoms with Crippen molar-refractivity contribution in [3.63, 3.8) is 0 Å². The smallest absolute Gasteiger partial charge is 0.258 e. The zero-order chi connectivity index (χ0) is 17.2. The lowest BCUT2D eigenvalue weighted by molar-refractivity contribution is -0.124. The first-order valence-corrected chi connectivity index (χ1v) is 8.39. The van der Waals surface area contributed by atoms with Gasteiger partial charge in [0.2, 0.25) is 0 Å². The maximum atomic E-state index is 12.0. The zero-order valence-electron chi connectivity index (χ0n) is 12.9. The molecule has 0 saturated carbocycles. The molecule has 0 radical (unpaired) electrons. The van der Waals surface area contributed by atoms with E-state index in [1.807, 2.05) is 24.3 Å². The molecule has 0 saturated heterocycles. The van der Waals surface area contributed by atoms with Crippen LogP contribution in [0.25, 0.3) is 0 Å². The molecule has 0 fully saturated rings. The maximum Gasteiger partial charge on any atom is 0.258 e. The highest BCUT2D eigenvalue weighted by Gasteiger charge is 2.36. The molecule has 0 bridgehead atoms. The minimum absolute atomic E-state index is 0.153. The van der Waals surface area contributed by atoms with E-state index in [-0.39, 0.29) is 19.1 Å². The van der Waals surface area contributed by atoms with Gasteiger partial charge in [0.15, 0.2) is 6.61 Å². The quantitative estimate of drug-likeness (QED) is 0.854. The number of ether oxygens (including phenoxy) is 1. The third kappa shape index (κ3) is 3.66. The standard InChI is InChI=1S/C18H17Cl2NO3/c19-13-5-6-16(15(20)9-13)24-10-17(22)21-11-18(23)8-7-12-3-1-2-4-14(12)18/h1-6,9,23H,7-8,10-11H2,(H,21,22). The Bertz CT molecular complexity index is 766. The van der Waals surface area contributed by atoms with Crippen LogP contribution in [0, 0.1) is 0 Å². The minimum Gasteiger partial charge on any atom is -0.482 e. The van der Waals surface area contributed by atoms with Crippen LogP contribution in [0.3, 0.4) is 0 Å². The molecule has 2 N–H and O–H groups in total. The van der Waals surface area contributed by atoms with Gasteiger partial charge in [-0.15, -0.1) is 0 Å². The van der Waals surface area contributed by atoms with E-state index in [1.165, 1.54) is 0 Å². The highest BCUT2D eigenvalue weighted by molar-refractivity contribution is 6.35. The molecule has 6 heteroatoms. The van der Waals surface area contributed by atoms with E-state index in [9.17, 15) is 9.90 Å². The van der Waals surface area contributed by atoms with Crippen molar-refractivity contribution >= 4 is 29.1 Å². The Labute approximate surface area is 150 Å². The van der Waals surface area contributed by atoms with E-state index in [2.05, 4.69) is 5.32 Å². The summed E-state index contributed by atoms with van der Waals surface area (Å²) in [6.45, 7) is -0.0281. The van der Waals surface area contributed by atoms with E-state index in [0.29, 0.717) is 22.2 Å². The van der Waals surface area contributed by atoms with Gasteiger partial charge in [-0.05, 0) is 42.2 Å². The summed E-state index contributed by atoms with van der Waals surface area (Å²) >= 11 is 11.8. The van der Waals surface area contributed by atoms with Gasteiger partial charge in [0, 0.05) is 5.02 Å². The van der Waals surface area contributed by atoms with Crippen molar-refractivity contribution in [2.75, 3.05) is 13.2 Å². The Morgan fingerprint density at radius 3 is 2.83 bits per heavy atom. The maximum absolute atomic E-state index is 12.0. The lowest BCUT2D eigenvalue weighted by Gasteiger charge is -2.24. The fraction of sp³-hybridized carbons (Fsp3) is 0.278. The van der Waals surface area contributed by atoms with Crippen molar-refractivity contribution in [3.8, 4) is 5.75 Å². The first-order chi connectivity index (χ1) is 11.5. The molecule has 0 heterocycles. The highest BCUT2D eigenvalue weighted by atomic mass is 35.5. The van der Waals surface area contributed by atoms with Crippen LogP contribution < -0.4 is 10.1 Å². The van der Waals surface area contributed by atoms with E-state index >= 15 is 0 Å². The summed E-state index contributed by atoms with van der Waals surface area (Å²) in [5.74, 6) is 0.0694. The number of benzene rings is 2. The third-order valence-corrected chi connectivity index (χ3v) is 4.69. The summed E-state index contributed by atoms with van der Waals surface area (Å²) in [5, 5.41) is 14.3. The van der Waals surface area contributed by atoms with Crippen LogP contribution in [0.4, 0.5) is 0 Å². The number of hydrogen-bond acceptors (Lipinski definition) is 3. The topological polar surface area (TPSA) is 58.6 Å². The van der Waals surface area contributed by atoms with Crippen LogP contribution in [-0.4, -0.2) is 24.2 Å². The predicted molar refractivity (Wildman–Crippen MR) is 93.6 cm³/mol. The Morgan fingerprint density at radius 1 is 1.25 bits per heavy atom. The molecule has 1 aliphatic rings. The number of amides is 1. The average molecular weight is 366 g/mol. The molecule has 24 heavy (non-hydrogen) atoms. The number of aryl methyl sites for hydroxylation is 1. The summed E-state index contributed by atoms with van der Waals surface area (Å²) < 4.78 is 5.39. The molecule has 0 spiro atoms. The second-order valence-electron chi connectivity index (χ2n) is 5.83. The van der Waals surface area contributed by atoms with Gasteiger partial charge >= 0.3 is 0 Å². The molecule has 4 nitrogen and oxygen atoms in total. The molecule has 2 aromatic carbocycles. The molecular formula is C18H17Cl2NO3. The van der Waals surface area contributed by atoms with Gasteiger partial charge in [0.1, 0.15) is 11.4 Å². The molecule has 126 valence electrons. The number of carbonyl (C=O) groups excluding carboxylic acids is 1. The highest BCUT2D eigenvalue weighted by Crippen LogP contribution is 2.36. The number of fused-ring (bicyclic) bond motifs is 1. The van der Waals surface area contributed by atoms with Crippen molar-refractivity contribution in [3.05, 3.63) is 63.6 Å². The van der Waals surface area contributed by atoms with Crippen molar-refractivity contribution in [1.82, 2.24) is 5.32 Å². The molecule has 1 aliphatic carbocycles. The van der Waals surface area contributed by atoms with Crippen molar-refractivity contribution < 1.29 is 14.6 Å². The SMILES string of the molecule is O=C(COc1ccc(Cl)cc1Cl)NCC1(O)CCc2ccccc21. The van der Waals surface area contributed by atoms with Gasteiger partial charge in [-0.2, -0.15) is 0 Å². The summed E-state index contributed by atoms with van der Waals surface area (Å²) in [6.07, 6.45) is 1.40. The van der Waals surface area contributed by atoms with Gasteiger partial charge in [0.05, 0.1) is 11.6 Å². The van der Waals surface area contributed by atoms with E-state index < -0.39 is 5.60 Å². The largest absolute Gasteiger partial charge is 0.482 e. The van der Waals surface area contributed by atoms with Crippen LogP contribution in [0.5, 0.6) is 5.75 Å². The first-order valence-electron chi connectivity index (χ1n) is 7.63. The second-order valence-corrected chi connectivity index (χ2v) is 6.67. The average Bonchev–Trinajstić information content (AvgIpc) is 2.90. The Balaban J connectivity index is 1.55. The van der Waals surface area contributed by atoms with Crippen molar-refractivity contribution in [2.24, 2.45) is 0 Å². The molecule has 0 aliphatic heterocycles. The number of aliphatic hydroxyl groups is 1. The first kappa shape index (κ1) is 17.1. The Kier molecular flexibility index (Phi) is 4.99. The summed E-state index contributed by atoms with van der Waals surface area (Å²) in [5.41, 5.74) is 0.981. The normalized spacial score (nSPS) is 19.0. The van der Waals surface area contributed by atoms with Crippen molar-refractivity contribution in [2.45, 2.75) is 18.4 Å². The molecule has 2 aromatic rings. The fourth-order valence-corrected chi connectivity index (χ4v) is 3.35. The Morgan fingerprint density at radius 2 is 2.04 bits per heavy atom. The van der Waals surface area contributed by atoms with Crippen LogP contribution in [-0.2, 0) is 16.8 Å². The van der Waals surface area contributed by atoms with E-state index in [0.717, 1.165) is 17.5 Å². The lowest BCUT2D eigenvalue weighted by atomic mass is 9.96. The minimum atomic E-state index is -1.02. The van der Waals surface area contributed by atoms with Gasteiger partial charge in [-0.1, -0.05) is 47.5 Å². The molecule has 1 atom stereocenters. The lowest BCUT2D eigenvalue weighted by Crippen LogP contribution is -2.41. The Hall–Kier alpha value is -1.75. The summed E-state index contributed by atoms with van der Waals surface area (Å²) in [4.78, 5) is 12.0. The number of hydrogen-bond donors (Lipinski definition) is 2. The van der Waals surface area contributed by atoms with Gasteiger partial charge in [0.25, 0.3) is 5.91 Å². The zero-order valence-corrected chi connectivity index (χ0v) is 14.4. The summed E-state index contributed by atoms with van der Waals surface area (Å²) in [7, 11) is 0. The van der Waals surface area contributed by atoms with E-state index in [1.54, 1.807) is 18.2 Å². The summed E-state index contributed by atoms with van der Waals surface area (Å²) in [6, 6.07) is 12.5. The van der Waals surface area contributed by atoms with Gasteiger partial charge in [-0.3, -0.25) is 4.79 Å². The monoisotopic (exact) mass is 365 g/mol. The molecule has 0 aromatic heterocycles. The van der Waals surface area contributed by atoms with Gasteiger partial charge < -0.3 is 15.2 Å². The molecule has 3 rings (SSSR count). The van der Waals surface area contributed by atoms with E-state index in [4.69, 9.17) is 27.9 Å². The molecular weight excluding hydrogens is 349 g/mol. The number of nitrogens with one attached hydrogen (secondary N) is 1. The van der Waals surface area contributed by atoms with Crippen LogP contribution >= 0.6 is 23.2 Å². The molecule has 1 unspecified atom stereocenters. The van der Waals surface area contributed by atoms with Crippen LogP contribution in [0.1, 0.15) is 17.5 Å². The predicted octanol–water partition coefficient (Wildman–Crippen LogP) is 3.32. The van der Waals surface area contributed by atoms with Crippen LogP contribution in [0.15, 0.2) is 42.5 Å². The number of rotatable bonds is 5. The fourth-order valence-electron chi connectivity index (χ4n) is 2.88. The molecule has 1 amide bonds.